The second-order valence-electron chi connectivity index (χ2n) is 5.29. The smallest absolute Gasteiger partial charge is 0.263 e. The molecule has 3 rings (SSSR count). The van der Waals surface area contributed by atoms with E-state index in [1.807, 2.05) is 18.2 Å². The molecule has 0 bridgehead atoms. The molecule has 0 saturated heterocycles. The van der Waals surface area contributed by atoms with Crippen LogP contribution in [0.2, 0.25) is 0 Å². The summed E-state index contributed by atoms with van der Waals surface area (Å²) in [7, 11) is -4.73. The molecule has 0 aliphatic rings. The van der Waals surface area contributed by atoms with Crippen LogP contribution in [0.25, 0.3) is 0 Å². The van der Waals surface area contributed by atoms with Crippen molar-refractivity contribution in [3.63, 3.8) is 0 Å². The van der Waals surface area contributed by atoms with Gasteiger partial charge in [0.05, 0.1) is 0 Å². The molecule has 0 spiro atoms. The molecule has 24 heavy (non-hydrogen) atoms. The van der Waals surface area contributed by atoms with Gasteiger partial charge in [-0.15, -0.1) is 0 Å². The van der Waals surface area contributed by atoms with E-state index in [2.05, 4.69) is 0 Å². The summed E-state index contributed by atoms with van der Waals surface area (Å²) in [5.74, 6) is 0. The van der Waals surface area contributed by atoms with E-state index < -0.39 is 16.0 Å². The molecule has 0 fully saturated rings. The van der Waals surface area contributed by atoms with Crippen LogP contribution in [0, 0.1) is 0 Å². The van der Waals surface area contributed by atoms with Crippen molar-refractivity contribution < 1.29 is 17.2 Å². The average Bonchev–Trinajstić information content (AvgIpc) is 2.61. The topological polar surface area (TPSA) is 63.6 Å². The van der Waals surface area contributed by atoms with E-state index in [0.717, 1.165) is 0 Å². The molecule has 5 heteroatoms. The molecule has 0 aromatic heterocycles. The maximum absolute atomic E-state index is 11.7. The fraction of sp³-hybridized carbons (Fsp3) is 0.0526. The Hall–Kier alpha value is -2.47. The fourth-order valence-corrected chi connectivity index (χ4v) is 3.43. The maximum atomic E-state index is 11.7. The summed E-state index contributed by atoms with van der Waals surface area (Å²) in [6.07, 6.45) is 0. The lowest BCUT2D eigenvalue weighted by Crippen LogP contribution is -2.35. The Morgan fingerprint density at radius 2 is 0.917 bits per heavy atom. The van der Waals surface area contributed by atoms with Gasteiger partial charge >= 0.3 is 10.4 Å². The van der Waals surface area contributed by atoms with Gasteiger partial charge in [0.25, 0.3) is 0 Å². The minimum atomic E-state index is -4.73. The van der Waals surface area contributed by atoms with E-state index in [9.17, 15) is 13.0 Å². The van der Waals surface area contributed by atoms with Gasteiger partial charge in [-0.2, -0.15) is 8.42 Å². The van der Waals surface area contributed by atoms with Gasteiger partial charge in [0.1, 0.15) is 0 Å². The molecular formula is C19H16O4S. The quantitative estimate of drug-likeness (QED) is 0.567. The highest BCUT2D eigenvalue weighted by molar-refractivity contribution is 7.80. The summed E-state index contributed by atoms with van der Waals surface area (Å²) in [6.45, 7) is 0. The van der Waals surface area contributed by atoms with Crippen molar-refractivity contribution in [1.29, 1.82) is 0 Å². The summed E-state index contributed by atoms with van der Waals surface area (Å²) in [4.78, 5) is 0. The van der Waals surface area contributed by atoms with E-state index in [1.54, 1.807) is 72.8 Å². The predicted octanol–water partition coefficient (Wildman–Crippen LogP) is 3.80. The Kier molecular flexibility index (Phi) is 4.49. The van der Waals surface area contributed by atoms with Crippen LogP contribution in [0.15, 0.2) is 91.0 Å². The number of hydrogen-bond acceptors (Lipinski definition) is 3. The van der Waals surface area contributed by atoms with E-state index in [0.29, 0.717) is 16.7 Å². The van der Waals surface area contributed by atoms with Crippen LogP contribution in [0.3, 0.4) is 0 Å². The third-order valence-corrected chi connectivity index (χ3v) is 4.23. The van der Waals surface area contributed by atoms with Gasteiger partial charge in [0.15, 0.2) is 5.60 Å². The van der Waals surface area contributed by atoms with E-state index in [-0.39, 0.29) is 0 Å². The van der Waals surface area contributed by atoms with Gasteiger partial charge < -0.3 is 0 Å². The van der Waals surface area contributed by atoms with E-state index >= 15 is 0 Å². The van der Waals surface area contributed by atoms with Crippen LogP contribution in [-0.2, 0) is 20.2 Å². The summed E-state index contributed by atoms with van der Waals surface area (Å²) < 4.78 is 38.2. The Bertz CT molecular complexity index is 795. The molecule has 0 radical (unpaired) electrons. The molecule has 0 heterocycles. The van der Waals surface area contributed by atoms with Crippen LogP contribution in [-0.4, -0.2) is 13.0 Å². The molecule has 3 aromatic rings. The zero-order valence-electron chi connectivity index (χ0n) is 12.7. The molecule has 0 atom stereocenters. The lowest BCUT2D eigenvalue weighted by Gasteiger charge is -2.33. The van der Waals surface area contributed by atoms with Crippen LogP contribution in [0.1, 0.15) is 16.7 Å². The first-order chi connectivity index (χ1) is 11.5. The third kappa shape index (κ3) is 3.23. The largest absolute Gasteiger partial charge is 0.398 e. The number of benzene rings is 3. The molecular weight excluding hydrogens is 324 g/mol. The highest BCUT2D eigenvalue weighted by Crippen LogP contribution is 2.41. The molecule has 122 valence electrons. The lowest BCUT2D eigenvalue weighted by molar-refractivity contribution is 0.140. The highest BCUT2D eigenvalue weighted by Gasteiger charge is 2.41. The number of hydrogen-bond donors (Lipinski definition) is 1. The van der Waals surface area contributed by atoms with Gasteiger partial charge in [0.2, 0.25) is 0 Å². The van der Waals surface area contributed by atoms with Gasteiger partial charge in [-0.3, -0.25) is 4.55 Å². The molecule has 0 amide bonds. The van der Waals surface area contributed by atoms with Crippen molar-refractivity contribution in [3.8, 4) is 0 Å². The first kappa shape index (κ1) is 16.4. The van der Waals surface area contributed by atoms with Crippen LogP contribution < -0.4 is 0 Å². The molecule has 0 aliphatic carbocycles. The Morgan fingerprint density at radius 1 is 0.625 bits per heavy atom. The van der Waals surface area contributed by atoms with E-state index in [4.69, 9.17) is 4.18 Å². The van der Waals surface area contributed by atoms with E-state index in [1.165, 1.54) is 0 Å². The first-order valence-electron chi connectivity index (χ1n) is 7.37. The fourth-order valence-electron chi connectivity index (χ4n) is 2.82. The zero-order valence-corrected chi connectivity index (χ0v) is 13.6. The van der Waals surface area contributed by atoms with Crippen molar-refractivity contribution in [2.24, 2.45) is 0 Å². The Labute approximate surface area is 141 Å². The van der Waals surface area contributed by atoms with Gasteiger partial charge in [-0.1, -0.05) is 91.0 Å². The van der Waals surface area contributed by atoms with Crippen molar-refractivity contribution in [2.75, 3.05) is 0 Å². The van der Waals surface area contributed by atoms with Gasteiger partial charge in [-0.25, -0.2) is 4.18 Å². The van der Waals surface area contributed by atoms with Crippen molar-refractivity contribution in [3.05, 3.63) is 108 Å². The lowest BCUT2D eigenvalue weighted by atomic mass is 9.80. The summed E-state index contributed by atoms with van der Waals surface area (Å²) >= 11 is 0. The second kappa shape index (κ2) is 6.57. The average molecular weight is 340 g/mol. The first-order valence-corrected chi connectivity index (χ1v) is 8.73. The zero-order chi connectivity index (χ0) is 17.0. The molecule has 0 saturated carbocycles. The minimum absolute atomic E-state index is 0.597. The van der Waals surface area contributed by atoms with Crippen LogP contribution in [0.4, 0.5) is 0 Å². The Morgan fingerprint density at radius 3 is 1.17 bits per heavy atom. The number of rotatable bonds is 5. The molecule has 0 unspecified atom stereocenters. The molecule has 1 N–H and O–H groups in total. The van der Waals surface area contributed by atoms with Crippen LogP contribution in [0.5, 0.6) is 0 Å². The standard InChI is InChI=1S/C19H16O4S/c20-24(21,22)23-19(16-10-4-1-5-11-16,17-12-6-2-7-13-17)18-14-8-3-9-15-18/h1-15H,(H,20,21,22). The summed E-state index contributed by atoms with van der Waals surface area (Å²) in [5.41, 5.74) is 0.317. The SMILES string of the molecule is O=S(=O)(O)OC(c1ccccc1)(c1ccccc1)c1ccccc1. The molecule has 0 aliphatic heterocycles. The minimum Gasteiger partial charge on any atom is -0.263 e. The monoisotopic (exact) mass is 340 g/mol. The van der Waals surface area contributed by atoms with Gasteiger partial charge in [0, 0.05) is 0 Å². The highest BCUT2D eigenvalue weighted by atomic mass is 32.3. The van der Waals surface area contributed by atoms with Crippen molar-refractivity contribution in [2.45, 2.75) is 5.60 Å². The normalized spacial score (nSPS) is 12.0. The van der Waals surface area contributed by atoms with Crippen molar-refractivity contribution in [1.82, 2.24) is 0 Å². The summed E-state index contributed by atoms with van der Waals surface area (Å²) in [5, 5.41) is 0. The maximum Gasteiger partial charge on any atom is 0.398 e. The molecule has 3 aromatic carbocycles. The summed E-state index contributed by atoms with van der Waals surface area (Å²) in [6, 6.07) is 26.9. The second-order valence-corrected chi connectivity index (χ2v) is 6.31. The van der Waals surface area contributed by atoms with Crippen molar-refractivity contribution >= 4 is 10.4 Å². The Balaban J connectivity index is 2.37. The van der Waals surface area contributed by atoms with Gasteiger partial charge in [-0.05, 0) is 16.7 Å². The molecule has 4 nitrogen and oxygen atoms in total. The predicted molar refractivity (Wildman–Crippen MR) is 91.8 cm³/mol. The van der Waals surface area contributed by atoms with Crippen LogP contribution >= 0.6 is 0 Å². The third-order valence-electron chi connectivity index (χ3n) is 3.77.